The SMILES string of the molecule is CS(=O)(=O)NC(=O)c1cc(C2CC2)c(COCC2(F)CCN(C(=O)c3ccc(Cl)c(Cl)c3)CC2)cc1F. The molecule has 2 aromatic carbocycles. The fraction of sp³-hybridized carbons (Fsp3) is 0.440. The number of carbonyl (C=O) groups is 2. The number of nitrogens with one attached hydrogen (secondary N) is 1. The van der Waals surface area contributed by atoms with Crippen molar-refractivity contribution in [2.24, 2.45) is 0 Å². The second-order valence-electron chi connectivity index (χ2n) is 9.57. The lowest BCUT2D eigenvalue weighted by Crippen LogP contribution is -2.46. The zero-order valence-corrected chi connectivity index (χ0v) is 22.4. The van der Waals surface area contributed by atoms with Crippen LogP contribution in [0.15, 0.2) is 30.3 Å². The molecule has 4 rings (SSSR count). The Labute approximate surface area is 224 Å². The first kappa shape index (κ1) is 27.8. The Hall–Kier alpha value is -2.27. The van der Waals surface area contributed by atoms with Gasteiger partial charge in [-0.3, -0.25) is 9.59 Å². The Morgan fingerprint density at radius 1 is 1.14 bits per heavy atom. The molecular weight excluding hydrogens is 549 g/mol. The zero-order valence-electron chi connectivity index (χ0n) is 20.0. The first-order valence-corrected chi connectivity index (χ1v) is 14.4. The number of sulfonamides is 1. The predicted octanol–water partition coefficient (Wildman–Crippen LogP) is 4.86. The molecule has 1 saturated carbocycles. The van der Waals surface area contributed by atoms with Crippen molar-refractivity contribution >= 4 is 45.0 Å². The molecule has 1 heterocycles. The lowest BCUT2D eigenvalue weighted by atomic mass is 9.93. The van der Waals surface area contributed by atoms with Gasteiger partial charge in [-0.1, -0.05) is 23.2 Å². The Bertz CT molecular complexity index is 1330. The summed E-state index contributed by atoms with van der Waals surface area (Å²) in [5.74, 6) is -2.07. The standard InChI is InChI=1S/C25H26Cl2F2N2O5S/c1-37(34,35)30-23(32)19-12-18(15-2-3-15)17(11-22(19)28)13-36-14-25(29)6-8-31(9-7-25)24(33)16-4-5-20(26)21(27)10-16/h4-5,10-12,15H,2-3,6-9,13-14H2,1H3,(H,30,32). The van der Waals surface area contributed by atoms with Crippen LogP contribution in [0.2, 0.25) is 10.0 Å². The van der Waals surface area contributed by atoms with Crippen LogP contribution < -0.4 is 4.72 Å². The van der Waals surface area contributed by atoms with E-state index in [1.807, 2.05) is 0 Å². The lowest BCUT2D eigenvalue weighted by Gasteiger charge is -2.36. The second-order valence-corrected chi connectivity index (χ2v) is 12.1. The highest BCUT2D eigenvalue weighted by Gasteiger charge is 2.37. The summed E-state index contributed by atoms with van der Waals surface area (Å²) in [5, 5.41) is 0.608. The van der Waals surface area contributed by atoms with Crippen molar-refractivity contribution in [3.05, 3.63) is 68.4 Å². The molecule has 0 bridgehead atoms. The van der Waals surface area contributed by atoms with Gasteiger partial charge in [0.05, 0.1) is 35.1 Å². The topological polar surface area (TPSA) is 92.8 Å². The molecule has 12 heteroatoms. The summed E-state index contributed by atoms with van der Waals surface area (Å²) in [6, 6.07) is 7.10. The average Bonchev–Trinajstić information content (AvgIpc) is 3.65. The molecule has 1 N–H and O–H groups in total. The molecule has 37 heavy (non-hydrogen) atoms. The quantitative estimate of drug-likeness (QED) is 0.486. The number of ether oxygens (including phenoxy) is 1. The van der Waals surface area contributed by atoms with Gasteiger partial charge in [-0.15, -0.1) is 0 Å². The maximum atomic E-state index is 15.4. The molecule has 0 atom stereocenters. The van der Waals surface area contributed by atoms with E-state index in [2.05, 4.69) is 0 Å². The van der Waals surface area contributed by atoms with Gasteiger partial charge < -0.3 is 9.64 Å². The van der Waals surface area contributed by atoms with Gasteiger partial charge in [-0.05, 0) is 60.2 Å². The van der Waals surface area contributed by atoms with E-state index in [0.29, 0.717) is 21.7 Å². The van der Waals surface area contributed by atoms with E-state index in [4.69, 9.17) is 27.9 Å². The average molecular weight is 575 g/mol. The first-order valence-electron chi connectivity index (χ1n) is 11.7. The molecule has 7 nitrogen and oxygen atoms in total. The van der Waals surface area contributed by atoms with E-state index in [1.165, 1.54) is 18.2 Å². The molecule has 0 aromatic heterocycles. The highest BCUT2D eigenvalue weighted by molar-refractivity contribution is 7.89. The molecule has 200 valence electrons. The van der Waals surface area contributed by atoms with Crippen molar-refractivity contribution < 1.29 is 31.5 Å². The Morgan fingerprint density at radius 2 is 1.81 bits per heavy atom. The molecule has 2 fully saturated rings. The number of hydrogen-bond acceptors (Lipinski definition) is 5. The van der Waals surface area contributed by atoms with Crippen molar-refractivity contribution in [1.29, 1.82) is 0 Å². The number of likely N-dealkylation sites (tertiary alicyclic amines) is 1. The van der Waals surface area contributed by atoms with Gasteiger partial charge in [0.2, 0.25) is 10.0 Å². The largest absolute Gasteiger partial charge is 0.373 e. The first-order chi connectivity index (χ1) is 17.3. The molecule has 0 unspecified atom stereocenters. The van der Waals surface area contributed by atoms with Gasteiger partial charge in [-0.2, -0.15) is 0 Å². The number of alkyl halides is 1. The van der Waals surface area contributed by atoms with E-state index in [-0.39, 0.29) is 61.6 Å². The summed E-state index contributed by atoms with van der Waals surface area (Å²) < 4.78 is 60.2. The number of piperidine rings is 1. The summed E-state index contributed by atoms with van der Waals surface area (Å²) in [6.07, 6.45) is 2.67. The highest BCUT2D eigenvalue weighted by Crippen LogP contribution is 2.43. The van der Waals surface area contributed by atoms with Gasteiger partial charge >= 0.3 is 0 Å². The molecule has 0 spiro atoms. The van der Waals surface area contributed by atoms with Crippen LogP contribution in [0.1, 0.15) is 63.4 Å². The van der Waals surface area contributed by atoms with Crippen molar-refractivity contribution in [1.82, 2.24) is 9.62 Å². The van der Waals surface area contributed by atoms with E-state index in [1.54, 1.807) is 15.7 Å². The van der Waals surface area contributed by atoms with Crippen LogP contribution >= 0.6 is 23.2 Å². The Morgan fingerprint density at radius 3 is 2.41 bits per heavy atom. The van der Waals surface area contributed by atoms with Crippen molar-refractivity contribution in [2.45, 2.75) is 43.9 Å². The summed E-state index contributed by atoms with van der Waals surface area (Å²) in [5.41, 5.74) is -0.457. The molecule has 1 aliphatic heterocycles. The summed E-state index contributed by atoms with van der Waals surface area (Å²) in [6.45, 7) is 0.105. The lowest BCUT2D eigenvalue weighted by molar-refractivity contribution is -0.0274. The molecule has 1 aliphatic carbocycles. The van der Waals surface area contributed by atoms with E-state index in [9.17, 15) is 22.4 Å². The van der Waals surface area contributed by atoms with Crippen LogP contribution in [-0.4, -0.2) is 56.8 Å². The summed E-state index contributed by atoms with van der Waals surface area (Å²) in [4.78, 5) is 26.5. The highest BCUT2D eigenvalue weighted by atomic mass is 35.5. The number of carbonyl (C=O) groups excluding carboxylic acids is 2. The fourth-order valence-corrected chi connectivity index (χ4v) is 5.08. The second kappa shape index (κ2) is 10.8. The molecule has 1 saturated heterocycles. The molecule has 2 amide bonds. The molecule has 2 aliphatic rings. The minimum absolute atomic E-state index is 0.0612. The minimum atomic E-state index is -3.85. The molecule has 0 radical (unpaired) electrons. The van der Waals surface area contributed by atoms with Gasteiger partial charge in [0, 0.05) is 31.5 Å². The number of benzene rings is 2. The fourth-order valence-electron chi connectivity index (χ4n) is 4.34. The molecular formula is C25H26Cl2F2N2O5S. The smallest absolute Gasteiger partial charge is 0.267 e. The Balaban J connectivity index is 1.36. The van der Waals surface area contributed by atoms with Gasteiger partial charge in [0.15, 0.2) is 0 Å². The number of halogens is 4. The van der Waals surface area contributed by atoms with E-state index in [0.717, 1.165) is 25.2 Å². The van der Waals surface area contributed by atoms with E-state index >= 15 is 4.39 Å². The van der Waals surface area contributed by atoms with Crippen LogP contribution in [0.5, 0.6) is 0 Å². The number of nitrogens with zero attached hydrogens (tertiary/aromatic N) is 1. The maximum absolute atomic E-state index is 15.4. The van der Waals surface area contributed by atoms with Crippen LogP contribution in [0.4, 0.5) is 8.78 Å². The summed E-state index contributed by atoms with van der Waals surface area (Å²) in [7, 11) is -3.85. The minimum Gasteiger partial charge on any atom is -0.373 e. The molecule has 2 aromatic rings. The number of hydrogen-bond donors (Lipinski definition) is 1. The van der Waals surface area contributed by atoms with Crippen LogP contribution in [0, 0.1) is 5.82 Å². The van der Waals surface area contributed by atoms with Gasteiger partial charge in [0.1, 0.15) is 11.5 Å². The monoisotopic (exact) mass is 574 g/mol. The van der Waals surface area contributed by atoms with Crippen LogP contribution in [0.25, 0.3) is 0 Å². The van der Waals surface area contributed by atoms with Crippen molar-refractivity contribution in [3.63, 3.8) is 0 Å². The van der Waals surface area contributed by atoms with Crippen LogP contribution in [-0.2, 0) is 21.4 Å². The number of rotatable bonds is 8. The normalized spacial score (nSPS) is 17.5. The Kier molecular flexibility index (Phi) is 8.13. The third-order valence-corrected chi connectivity index (χ3v) is 7.80. The third-order valence-electron chi connectivity index (χ3n) is 6.50. The van der Waals surface area contributed by atoms with Crippen molar-refractivity contribution in [2.75, 3.05) is 26.0 Å². The number of amides is 2. The van der Waals surface area contributed by atoms with Gasteiger partial charge in [0.25, 0.3) is 11.8 Å². The van der Waals surface area contributed by atoms with Crippen LogP contribution in [0.3, 0.4) is 0 Å². The predicted molar refractivity (Wildman–Crippen MR) is 136 cm³/mol. The third kappa shape index (κ3) is 6.98. The van der Waals surface area contributed by atoms with Crippen molar-refractivity contribution in [3.8, 4) is 0 Å². The zero-order chi connectivity index (χ0) is 27.0. The van der Waals surface area contributed by atoms with Gasteiger partial charge in [-0.25, -0.2) is 21.9 Å². The maximum Gasteiger partial charge on any atom is 0.267 e. The summed E-state index contributed by atoms with van der Waals surface area (Å²) >= 11 is 11.9. The van der Waals surface area contributed by atoms with E-state index < -0.39 is 27.4 Å².